The number of hydrogen-bond acceptors (Lipinski definition) is 1. The Morgan fingerprint density at radius 1 is 1.43 bits per heavy atom. The van der Waals surface area contributed by atoms with Gasteiger partial charge >= 0.3 is 0 Å². The molecule has 0 aromatic heterocycles. The third-order valence-electron chi connectivity index (χ3n) is 3.38. The molecule has 14 heavy (non-hydrogen) atoms. The van der Waals surface area contributed by atoms with Crippen molar-refractivity contribution in [1.29, 1.82) is 0 Å². The van der Waals surface area contributed by atoms with E-state index in [1.54, 1.807) is 0 Å². The zero-order valence-corrected chi connectivity index (χ0v) is 11.4. The molecular weight excluding hydrogens is 240 g/mol. The SMILES string of the molecule is CC(C)OCC1CC(Br)CCC1(C)C. The molecule has 0 saturated heterocycles. The van der Waals surface area contributed by atoms with Gasteiger partial charge in [0, 0.05) is 4.83 Å². The third-order valence-corrected chi connectivity index (χ3v) is 4.21. The molecule has 2 atom stereocenters. The van der Waals surface area contributed by atoms with E-state index < -0.39 is 0 Å². The zero-order chi connectivity index (χ0) is 10.8. The molecule has 0 radical (unpaired) electrons. The second-order valence-corrected chi connectivity index (χ2v) is 6.73. The molecule has 0 aromatic rings. The molecule has 0 amide bonds. The van der Waals surface area contributed by atoms with Gasteiger partial charge in [-0.25, -0.2) is 0 Å². The summed E-state index contributed by atoms with van der Waals surface area (Å²) in [6, 6.07) is 0. The Labute approximate surface area is 96.7 Å². The van der Waals surface area contributed by atoms with Crippen LogP contribution in [0.15, 0.2) is 0 Å². The van der Waals surface area contributed by atoms with Gasteiger partial charge in [0.05, 0.1) is 12.7 Å². The molecule has 1 rings (SSSR count). The first-order valence-electron chi connectivity index (χ1n) is 5.67. The van der Waals surface area contributed by atoms with Crippen molar-refractivity contribution in [2.45, 2.75) is 57.9 Å². The predicted molar refractivity (Wildman–Crippen MR) is 64.9 cm³/mol. The maximum absolute atomic E-state index is 5.74. The van der Waals surface area contributed by atoms with Gasteiger partial charge in [-0.2, -0.15) is 0 Å². The average molecular weight is 263 g/mol. The van der Waals surface area contributed by atoms with Crippen molar-refractivity contribution in [3.63, 3.8) is 0 Å². The Hall–Kier alpha value is 0.440. The molecule has 2 heteroatoms. The average Bonchev–Trinajstić information content (AvgIpc) is 2.07. The van der Waals surface area contributed by atoms with Gasteiger partial charge in [0.15, 0.2) is 0 Å². The largest absolute Gasteiger partial charge is 0.378 e. The lowest BCUT2D eigenvalue weighted by Gasteiger charge is -2.40. The molecular formula is C12H23BrO. The van der Waals surface area contributed by atoms with Crippen LogP contribution in [-0.4, -0.2) is 17.5 Å². The van der Waals surface area contributed by atoms with Crippen LogP contribution in [0, 0.1) is 11.3 Å². The first-order valence-corrected chi connectivity index (χ1v) is 6.59. The van der Waals surface area contributed by atoms with Crippen molar-refractivity contribution >= 4 is 15.9 Å². The van der Waals surface area contributed by atoms with Gasteiger partial charge in [-0.15, -0.1) is 0 Å². The summed E-state index contributed by atoms with van der Waals surface area (Å²) in [6.45, 7) is 9.90. The fraction of sp³-hybridized carbons (Fsp3) is 1.00. The number of alkyl halides is 1. The van der Waals surface area contributed by atoms with E-state index in [-0.39, 0.29) is 0 Å². The molecule has 1 fully saturated rings. The summed E-state index contributed by atoms with van der Waals surface area (Å²) in [6.07, 6.45) is 4.25. The second kappa shape index (κ2) is 4.98. The van der Waals surface area contributed by atoms with Crippen molar-refractivity contribution in [2.75, 3.05) is 6.61 Å². The highest BCUT2D eigenvalue weighted by molar-refractivity contribution is 9.09. The molecule has 0 aliphatic heterocycles. The zero-order valence-electron chi connectivity index (χ0n) is 9.85. The maximum Gasteiger partial charge on any atom is 0.0519 e. The Bertz CT molecular complexity index is 177. The molecule has 0 spiro atoms. The summed E-state index contributed by atoms with van der Waals surface area (Å²) in [7, 11) is 0. The van der Waals surface area contributed by atoms with Crippen molar-refractivity contribution in [2.24, 2.45) is 11.3 Å². The quantitative estimate of drug-likeness (QED) is 0.699. The minimum atomic E-state index is 0.363. The van der Waals surface area contributed by atoms with Crippen LogP contribution in [0.4, 0.5) is 0 Å². The minimum Gasteiger partial charge on any atom is -0.378 e. The van der Waals surface area contributed by atoms with Gasteiger partial charge in [0.2, 0.25) is 0 Å². The minimum absolute atomic E-state index is 0.363. The van der Waals surface area contributed by atoms with E-state index in [1.807, 2.05) is 0 Å². The van der Waals surface area contributed by atoms with Crippen molar-refractivity contribution in [3.05, 3.63) is 0 Å². The molecule has 2 unspecified atom stereocenters. The third kappa shape index (κ3) is 3.54. The van der Waals surface area contributed by atoms with Gasteiger partial charge < -0.3 is 4.74 Å². The Kier molecular flexibility index (Phi) is 4.45. The highest BCUT2D eigenvalue weighted by Crippen LogP contribution is 2.42. The lowest BCUT2D eigenvalue weighted by atomic mass is 9.69. The highest BCUT2D eigenvalue weighted by Gasteiger charge is 2.35. The number of ether oxygens (including phenoxy) is 1. The summed E-state index contributed by atoms with van der Waals surface area (Å²) in [5, 5.41) is 0. The summed E-state index contributed by atoms with van der Waals surface area (Å²) < 4.78 is 5.74. The molecule has 84 valence electrons. The fourth-order valence-corrected chi connectivity index (χ4v) is 2.76. The van der Waals surface area contributed by atoms with E-state index in [0.29, 0.717) is 22.3 Å². The molecule has 1 aliphatic carbocycles. The lowest BCUT2D eigenvalue weighted by Crippen LogP contribution is -2.35. The van der Waals surface area contributed by atoms with E-state index in [2.05, 4.69) is 43.6 Å². The summed E-state index contributed by atoms with van der Waals surface area (Å²) in [4.78, 5) is 0.705. The highest BCUT2D eigenvalue weighted by atomic mass is 79.9. The molecule has 1 aliphatic rings. The van der Waals surface area contributed by atoms with Crippen LogP contribution in [-0.2, 0) is 4.74 Å². The number of rotatable bonds is 3. The standard InChI is InChI=1S/C12H23BrO/c1-9(2)14-8-10-7-11(13)5-6-12(10,3)4/h9-11H,5-8H2,1-4H3. The van der Waals surface area contributed by atoms with Crippen LogP contribution in [0.2, 0.25) is 0 Å². The maximum atomic E-state index is 5.74. The van der Waals surface area contributed by atoms with Gasteiger partial charge in [0.25, 0.3) is 0 Å². The van der Waals surface area contributed by atoms with Crippen molar-refractivity contribution in [3.8, 4) is 0 Å². The summed E-state index contributed by atoms with van der Waals surface area (Å²) in [5.41, 5.74) is 0.458. The van der Waals surface area contributed by atoms with Crippen LogP contribution < -0.4 is 0 Å². The van der Waals surface area contributed by atoms with E-state index in [4.69, 9.17) is 4.74 Å². The molecule has 0 bridgehead atoms. The lowest BCUT2D eigenvalue weighted by molar-refractivity contribution is -0.00183. The molecule has 1 nitrogen and oxygen atoms in total. The molecule has 0 aromatic carbocycles. The van der Waals surface area contributed by atoms with E-state index in [9.17, 15) is 0 Å². The van der Waals surface area contributed by atoms with Crippen LogP contribution in [0.5, 0.6) is 0 Å². The van der Waals surface area contributed by atoms with E-state index in [1.165, 1.54) is 19.3 Å². The fourth-order valence-electron chi connectivity index (χ4n) is 2.08. The van der Waals surface area contributed by atoms with Gasteiger partial charge in [-0.1, -0.05) is 29.8 Å². The van der Waals surface area contributed by atoms with Gasteiger partial charge in [-0.05, 0) is 44.4 Å². The van der Waals surface area contributed by atoms with Gasteiger partial charge in [0.1, 0.15) is 0 Å². The first kappa shape index (κ1) is 12.5. The smallest absolute Gasteiger partial charge is 0.0519 e. The monoisotopic (exact) mass is 262 g/mol. The Morgan fingerprint density at radius 2 is 2.07 bits per heavy atom. The number of halogens is 1. The van der Waals surface area contributed by atoms with Crippen LogP contribution >= 0.6 is 15.9 Å². The van der Waals surface area contributed by atoms with Crippen LogP contribution in [0.3, 0.4) is 0 Å². The summed E-state index contributed by atoms with van der Waals surface area (Å²) >= 11 is 3.73. The number of hydrogen-bond donors (Lipinski definition) is 0. The van der Waals surface area contributed by atoms with Gasteiger partial charge in [-0.3, -0.25) is 0 Å². The first-order chi connectivity index (χ1) is 6.42. The van der Waals surface area contributed by atoms with Crippen LogP contribution in [0.25, 0.3) is 0 Å². The molecule has 0 N–H and O–H groups in total. The topological polar surface area (TPSA) is 9.23 Å². The Balaban J connectivity index is 2.46. The normalized spacial score (nSPS) is 32.1. The summed E-state index contributed by atoms with van der Waals surface area (Å²) in [5.74, 6) is 0.711. The molecule has 0 heterocycles. The van der Waals surface area contributed by atoms with Crippen molar-refractivity contribution < 1.29 is 4.74 Å². The van der Waals surface area contributed by atoms with E-state index >= 15 is 0 Å². The van der Waals surface area contributed by atoms with E-state index in [0.717, 1.165) is 6.61 Å². The second-order valence-electron chi connectivity index (χ2n) is 5.44. The molecule has 1 saturated carbocycles. The Morgan fingerprint density at radius 3 is 2.64 bits per heavy atom. The predicted octanol–water partition coefficient (Wildman–Crippen LogP) is 4.00. The van der Waals surface area contributed by atoms with Crippen LogP contribution in [0.1, 0.15) is 47.0 Å². The van der Waals surface area contributed by atoms with Crippen molar-refractivity contribution in [1.82, 2.24) is 0 Å².